The van der Waals surface area contributed by atoms with Gasteiger partial charge in [-0.2, -0.15) is 0 Å². The molecule has 5 rings (SSSR count). The summed E-state index contributed by atoms with van der Waals surface area (Å²) in [6.45, 7) is 3.15. The molecule has 1 spiro atoms. The van der Waals surface area contributed by atoms with Gasteiger partial charge in [0.1, 0.15) is 5.82 Å². The largest absolute Gasteiger partial charge is 0.439 e. The summed E-state index contributed by atoms with van der Waals surface area (Å²) >= 11 is 0. The molecular formula is C26H30FN3O3. The molecule has 0 unspecified atom stereocenters. The number of anilines is 1. The van der Waals surface area contributed by atoms with Crippen molar-refractivity contribution in [2.75, 3.05) is 44.7 Å². The first-order valence-corrected chi connectivity index (χ1v) is 11.7. The van der Waals surface area contributed by atoms with Gasteiger partial charge in [0.15, 0.2) is 5.60 Å². The fourth-order valence-electron chi connectivity index (χ4n) is 5.50. The molecule has 0 radical (unpaired) electrons. The molecule has 3 saturated heterocycles. The highest BCUT2D eigenvalue weighted by molar-refractivity contribution is 5.91. The van der Waals surface area contributed by atoms with Crippen molar-refractivity contribution in [3.05, 3.63) is 66.0 Å². The van der Waals surface area contributed by atoms with Gasteiger partial charge < -0.3 is 14.5 Å². The summed E-state index contributed by atoms with van der Waals surface area (Å²) in [4.78, 5) is 32.4. The molecule has 0 saturated carbocycles. The van der Waals surface area contributed by atoms with Crippen LogP contribution in [0, 0.1) is 11.2 Å². The average molecular weight is 452 g/mol. The Hall–Kier alpha value is -2.93. The van der Waals surface area contributed by atoms with Gasteiger partial charge in [-0.1, -0.05) is 30.3 Å². The third-order valence-electron chi connectivity index (χ3n) is 7.50. The molecular weight excluding hydrogens is 421 g/mol. The molecule has 3 fully saturated rings. The van der Waals surface area contributed by atoms with E-state index in [0.717, 1.165) is 37.2 Å². The number of rotatable bonds is 4. The van der Waals surface area contributed by atoms with Crippen LogP contribution in [0.25, 0.3) is 0 Å². The van der Waals surface area contributed by atoms with Gasteiger partial charge in [0, 0.05) is 18.7 Å². The maximum Gasteiger partial charge on any atom is 0.415 e. The normalized spacial score (nSPS) is 25.0. The Morgan fingerprint density at radius 2 is 1.67 bits per heavy atom. The van der Waals surface area contributed by atoms with Crippen LogP contribution in [0.2, 0.25) is 0 Å². The zero-order valence-electron chi connectivity index (χ0n) is 19.0. The molecule has 0 bridgehead atoms. The van der Waals surface area contributed by atoms with Crippen LogP contribution in [0.5, 0.6) is 0 Å². The van der Waals surface area contributed by atoms with Crippen LogP contribution >= 0.6 is 0 Å². The van der Waals surface area contributed by atoms with Crippen LogP contribution in [0.4, 0.5) is 14.9 Å². The third-order valence-corrected chi connectivity index (χ3v) is 7.50. The lowest BCUT2D eigenvalue weighted by molar-refractivity contribution is -0.144. The zero-order chi connectivity index (χ0) is 23.1. The molecule has 1 atom stereocenters. The highest BCUT2D eigenvalue weighted by atomic mass is 19.1. The third kappa shape index (κ3) is 4.22. The van der Waals surface area contributed by atoms with Gasteiger partial charge in [0.2, 0.25) is 5.91 Å². The number of nitrogens with zero attached hydrogens (tertiary/aromatic N) is 3. The summed E-state index contributed by atoms with van der Waals surface area (Å²) in [5.74, 6) is -0.138. The van der Waals surface area contributed by atoms with Crippen LogP contribution in [0.15, 0.2) is 54.6 Å². The summed E-state index contributed by atoms with van der Waals surface area (Å²) in [7, 11) is 2.08. The molecule has 2 aromatic rings. The van der Waals surface area contributed by atoms with Gasteiger partial charge in [-0.25, -0.2) is 9.18 Å². The predicted molar refractivity (Wildman–Crippen MR) is 123 cm³/mol. The molecule has 2 amide bonds. The fourth-order valence-corrected chi connectivity index (χ4v) is 5.50. The molecule has 7 heteroatoms. The molecule has 2 aromatic carbocycles. The lowest BCUT2D eigenvalue weighted by Gasteiger charge is -2.42. The Kier molecular flexibility index (Phi) is 5.60. The van der Waals surface area contributed by atoms with Gasteiger partial charge >= 0.3 is 6.09 Å². The molecule has 0 aliphatic carbocycles. The summed E-state index contributed by atoms with van der Waals surface area (Å²) in [5, 5.41) is 0. The van der Waals surface area contributed by atoms with Crippen molar-refractivity contribution in [3.8, 4) is 0 Å². The number of ether oxygens (including phenoxy) is 1. The minimum absolute atomic E-state index is 0.131. The number of amides is 2. The van der Waals surface area contributed by atoms with Crippen LogP contribution in [-0.4, -0.2) is 67.2 Å². The predicted octanol–water partition coefficient (Wildman–Crippen LogP) is 3.71. The topological polar surface area (TPSA) is 53.1 Å². The second-order valence-corrected chi connectivity index (χ2v) is 9.84. The van der Waals surface area contributed by atoms with Crippen molar-refractivity contribution in [2.24, 2.45) is 5.41 Å². The second kappa shape index (κ2) is 8.45. The number of para-hydroxylation sites is 1. The van der Waals surface area contributed by atoms with E-state index in [1.807, 2.05) is 35.2 Å². The van der Waals surface area contributed by atoms with Crippen LogP contribution in [0.3, 0.4) is 0 Å². The molecule has 33 heavy (non-hydrogen) atoms. The smallest absolute Gasteiger partial charge is 0.415 e. The monoisotopic (exact) mass is 451 g/mol. The molecule has 6 nitrogen and oxygen atoms in total. The summed E-state index contributed by atoms with van der Waals surface area (Å²) in [6, 6.07) is 16.0. The maximum atomic E-state index is 14.0. The average Bonchev–Trinajstić information content (AvgIpc) is 3.39. The van der Waals surface area contributed by atoms with Crippen LogP contribution in [0.1, 0.15) is 24.8 Å². The van der Waals surface area contributed by atoms with E-state index in [4.69, 9.17) is 4.74 Å². The fraction of sp³-hybridized carbons (Fsp3) is 0.462. The highest BCUT2D eigenvalue weighted by Gasteiger charge is 2.53. The van der Waals surface area contributed by atoms with Gasteiger partial charge in [-0.3, -0.25) is 9.69 Å². The SMILES string of the molecule is CN1CCC(Cc2ccc(F)cc2)(C(=O)N2CC[C@]3(C2)CN(c2ccccc2)C(=O)O3)CC1. The number of carbonyl (C=O) groups excluding carboxylic acids is 2. The van der Waals surface area contributed by atoms with Gasteiger partial charge in [0.05, 0.1) is 18.5 Å². The first kappa shape index (κ1) is 21.9. The lowest BCUT2D eigenvalue weighted by Crippen LogP contribution is -2.51. The van der Waals surface area contributed by atoms with Crippen molar-refractivity contribution >= 4 is 17.7 Å². The van der Waals surface area contributed by atoms with Gasteiger partial charge in [-0.15, -0.1) is 0 Å². The maximum absolute atomic E-state index is 14.0. The number of likely N-dealkylation sites (tertiary alicyclic amines) is 2. The van der Waals surface area contributed by atoms with Gasteiger partial charge in [0.25, 0.3) is 0 Å². The minimum Gasteiger partial charge on any atom is -0.439 e. The Bertz CT molecular complexity index is 1020. The Balaban J connectivity index is 1.34. The summed E-state index contributed by atoms with van der Waals surface area (Å²) in [5.41, 5.74) is 0.612. The summed E-state index contributed by atoms with van der Waals surface area (Å²) < 4.78 is 19.3. The molecule has 0 N–H and O–H groups in total. The van der Waals surface area contributed by atoms with E-state index < -0.39 is 11.0 Å². The number of benzene rings is 2. The van der Waals surface area contributed by atoms with E-state index in [9.17, 15) is 14.0 Å². The number of piperidine rings is 1. The van der Waals surface area contributed by atoms with E-state index >= 15 is 0 Å². The van der Waals surface area contributed by atoms with Crippen LogP contribution in [-0.2, 0) is 16.0 Å². The number of carbonyl (C=O) groups is 2. The van der Waals surface area contributed by atoms with Crippen LogP contribution < -0.4 is 4.90 Å². The molecule has 3 aliphatic rings. The number of hydrogen-bond donors (Lipinski definition) is 0. The zero-order valence-corrected chi connectivity index (χ0v) is 19.0. The van der Waals surface area contributed by atoms with E-state index in [2.05, 4.69) is 11.9 Å². The molecule has 3 aliphatic heterocycles. The van der Waals surface area contributed by atoms with E-state index in [1.165, 1.54) is 12.1 Å². The minimum atomic E-state index is -0.662. The van der Waals surface area contributed by atoms with Crippen molar-refractivity contribution in [1.82, 2.24) is 9.80 Å². The van der Waals surface area contributed by atoms with Crippen molar-refractivity contribution < 1.29 is 18.7 Å². The highest BCUT2D eigenvalue weighted by Crippen LogP contribution is 2.41. The Morgan fingerprint density at radius 3 is 2.36 bits per heavy atom. The van der Waals surface area contributed by atoms with E-state index in [1.54, 1.807) is 17.0 Å². The molecule has 174 valence electrons. The van der Waals surface area contributed by atoms with E-state index in [-0.39, 0.29) is 17.8 Å². The first-order chi connectivity index (χ1) is 15.9. The van der Waals surface area contributed by atoms with E-state index in [0.29, 0.717) is 32.5 Å². The molecule has 0 aromatic heterocycles. The Labute approximate surface area is 193 Å². The van der Waals surface area contributed by atoms with Crippen molar-refractivity contribution in [2.45, 2.75) is 31.3 Å². The quantitative estimate of drug-likeness (QED) is 0.711. The first-order valence-electron chi connectivity index (χ1n) is 11.7. The number of hydrogen-bond acceptors (Lipinski definition) is 4. The van der Waals surface area contributed by atoms with Crippen molar-refractivity contribution in [3.63, 3.8) is 0 Å². The molecule has 3 heterocycles. The second-order valence-electron chi connectivity index (χ2n) is 9.84. The summed E-state index contributed by atoms with van der Waals surface area (Å²) in [6.07, 6.45) is 2.41. The van der Waals surface area contributed by atoms with Gasteiger partial charge in [-0.05, 0) is 69.2 Å². The lowest BCUT2D eigenvalue weighted by atomic mass is 9.72. The number of halogens is 1. The Morgan fingerprint density at radius 1 is 0.970 bits per heavy atom. The standard InChI is InChI=1S/C26H30FN3O3/c1-28-14-11-25(12-15-28,17-20-7-9-21(27)10-8-20)23(31)29-16-13-26(18-29)19-30(24(32)33-26)22-5-3-2-4-6-22/h2-10H,11-19H2,1H3/t26-/m0/s1. The van der Waals surface area contributed by atoms with Crippen molar-refractivity contribution in [1.29, 1.82) is 0 Å².